The summed E-state index contributed by atoms with van der Waals surface area (Å²) in [6.07, 6.45) is 1.24. The lowest BCUT2D eigenvalue weighted by Crippen LogP contribution is -2.50. The van der Waals surface area contributed by atoms with Gasteiger partial charge in [-0.3, -0.25) is 0 Å². The monoisotopic (exact) mass is 253 g/mol. The van der Waals surface area contributed by atoms with E-state index in [-0.39, 0.29) is 0 Å². The van der Waals surface area contributed by atoms with Gasteiger partial charge in [0.15, 0.2) is 0 Å². The lowest BCUT2D eigenvalue weighted by Gasteiger charge is -2.40. The number of hydrogen-bond acceptors (Lipinski definition) is 4. The molecule has 0 radical (unpaired) electrons. The quantitative estimate of drug-likeness (QED) is 0.895. The molecule has 2 heterocycles. The van der Waals surface area contributed by atoms with Gasteiger partial charge in [0.25, 0.3) is 0 Å². The summed E-state index contributed by atoms with van der Waals surface area (Å²) in [7, 11) is 2.22. The first-order valence-electron chi connectivity index (χ1n) is 6.41. The van der Waals surface area contributed by atoms with Gasteiger partial charge in [0.1, 0.15) is 0 Å². The standard InChI is InChI=1S/C13H23N3S/c1-9-7-16(4)10(2)5-13(9)14-6-12-8-17-11(3)15-12/h8-10,13-14H,5-7H2,1-4H3. The summed E-state index contributed by atoms with van der Waals surface area (Å²) >= 11 is 1.73. The second-order valence-corrected chi connectivity index (χ2v) is 6.41. The summed E-state index contributed by atoms with van der Waals surface area (Å²) in [6.45, 7) is 8.82. The SMILES string of the molecule is Cc1nc(CNC2CC(C)N(C)CC2C)cs1. The molecule has 1 fully saturated rings. The Kier molecular flexibility index (Phi) is 4.17. The Labute approximate surface area is 108 Å². The van der Waals surface area contributed by atoms with Gasteiger partial charge in [-0.25, -0.2) is 4.98 Å². The third kappa shape index (κ3) is 3.27. The molecule has 1 aliphatic rings. The molecule has 0 spiro atoms. The maximum absolute atomic E-state index is 4.50. The predicted octanol–water partition coefficient (Wildman–Crippen LogP) is 2.27. The summed E-state index contributed by atoms with van der Waals surface area (Å²) in [5.74, 6) is 0.718. The summed E-state index contributed by atoms with van der Waals surface area (Å²) in [5, 5.41) is 6.99. The number of likely N-dealkylation sites (tertiary alicyclic amines) is 1. The van der Waals surface area contributed by atoms with Crippen LogP contribution in [0.3, 0.4) is 0 Å². The van der Waals surface area contributed by atoms with Crippen molar-refractivity contribution >= 4 is 11.3 Å². The van der Waals surface area contributed by atoms with Crippen molar-refractivity contribution in [3.05, 3.63) is 16.1 Å². The van der Waals surface area contributed by atoms with E-state index < -0.39 is 0 Å². The van der Waals surface area contributed by atoms with Crippen LogP contribution in [0.15, 0.2) is 5.38 Å². The fraction of sp³-hybridized carbons (Fsp3) is 0.769. The van der Waals surface area contributed by atoms with Gasteiger partial charge in [0.2, 0.25) is 0 Å². The molecule has 0 aromatic carbocycles. The van der Waals surface area contributed by atoms with Crippen molar-refractivity contribution in [1.29, 1.82) is 0 Å². The lowest BCUT2D eigenvalue weighted by molar-refractivity contribution is 0.121. The molecule has 17 heavy (non-hydrogen) atoms. The molecule has 0 bridgehead atoms. The summed E-state index contributed by atoms with van der Waals surface area (Å²) in [6, 6.07) is 1.31. The molecule has 1 aromatic heterocycles. The van der Waals surface area contributed by atoms with E-state index in [0.29, 0.717) is 12.1 Å². The number of nitrogens with one attached hydrogen (secondary N) is 1. The van der Waals surface area contributed by atoms with Gasteiger partial charge >= 0.3 is 0 Å². The minimum absolute atomic E-state index is 0.628. The number of aromatic nitrogens is 1. The van der Waals surface area contributed by atoms with Crippen LogP contribution in [0.1, 0.15) is 31.0 Å². The maximum Gasteiger partial charge on any atom is 0.0897 e. The highest BCUT2D eigenvalue weighted by Gasteiger charge is 2.28. The van der Waals surface area contributed by atoms with E-state index in [0.717, 1.165) is 17.5 Å². The first-order chi connectivity index (χ1) is 8.06. The highest BCUT2D eigenvalue weighted by molar-refractivity contribution is 7.09. The van der Waals surface area contributed by atoms with E-state index in [9.17, 15) is 0 Å². The average Bonchev–Trinajstić information content (AvgIpc) is 2.68. The molecule has 1 aliphatic heterocycles. The molecule has 3 atom stereocenters. The van der Waals surface area contributed by atoms with E-state index in [1.807, 2.05) is 0 Å². The smallest absolute Gasteiger partial charge is 0.0897 e. The van der Waals surface area contributed by atoms with Crippen molar-refractivity contribution < 1.29 is 0 Å². The zero-order valence-electron chi connectivity index (χ0n) is 11.2. The van der Waals surface area contributed by atoms with E-state index in [4.69, 9.17) is 0 Å². The molecular formula is C13H23N3S. The first-order valence-corrected chi connectivity index (χ1v) is 7.29. The van der Waals surface area contributed by atoms with E-state index in [2.05, 4.69) is 48.4 Å². The molecule has 1 N–H and O–H groups in total. The van der Waals surface area contributed by atoms with Crippen molar-refractivity contribution in [2.75, 3.05) is 13.6 Å². The molecule has 1 saturated heterocycles. The molecule has 3 unspecified atom stereocenters. The van der Waals surface area contributed by atoms with E-state index >= 15 is 0 Å². The first kappa shape index (κ1) is 13.0. The van der Waals surface area contributed by atoms with Crippen LogP contribution in [0.5, 0.6) is 0 Å². The van der Waals surface area contributed by atoms with Gasteiger partial charge in [-0.05, 0) is 33.2 Å². The molecule has 96 valence electrons. The minimum atomic E-state index is 0.628. The summed E-state index contributed by atoms with van der Waals surface area (Å²) in [5.41, 5.74) is 1.19. The van der Waals surface area contributed by atoms with Gasteiger partial charge in [-0.1, -0.05) is 6.92 Å². The van der Waals surface area contributed by atoms with Gasteiger partial charge in [-0.2, -0.15) is 0 Å². The summed E-state index contributed by atoms with van der Waals surface area (Å²) in [4.78, 5) is 6.95. The minimum Gasteiger partial charge on any atom is -0.308 e. The molecule has 1 aromatic rings. The zero-order valence-corrected chi connectivity index (χ0v) is 12.0. The fourth-order valence-electron chi connectivity index (χ4n) is 2.55. The number of piperidine rings is 1. The number of nitrogens with zero attached hydrogens (tertiary/aromatic N) is 2. The Hall–Kier alpha value is -0.450. The third-order valence-electron chi connectivity index (χ3n) is 3.82. The van der Waals surface area contributed by atoms with Gasteiger partial charge in [-0.15, -0.1) is 11.3 Å². The second-order valence-electron chi connectivity index (χ2n) is 5.35. The third-order valence-corrected chi connectivity index (χ3v) is 4.64. The highest BCUT2D eigenvalue weighted by Crippen LogP contribution is 2.21. The van der Waals surface area contributed by atoms with E-state index in [1.165, 1.54) is 18.7 Å². The van der Waals surface area contributed by atoms with Gasteiger partial charge in [0.05, 0.1) is 10.7 Å². The fourth-order valence-corrected chi connectivity index (χ4v) is 3.16. The average molecular weight is 253 g/mol. The topological polar surface area (TPSA) is 28.2 Å². The number of hydrogen-bond donors (Lipinski definition) is 1. The van der Waals surface area contributed by atoms with Crippen LogP contribution < -0.4 is 5.32 Å². The van der Waals surface area contributed by atoms with Crippen molar-refractivity contribution in [3.63, 3.8) is 0 Å². The van der Waals surface area contributed by atoms with Crippen LogP contribution >= 0.6 is 11.3 Å². The summed E-state index contributed by atoms with van der Waals surface area (Å²) < 4.78 is 0. The van der Waals surface area contributed by atoms with Crippen molar-refractivity contribution in [2.24, 2.45) is 5.92 Å². The van der Waals surface area contributed by atoms with E-state index in [1.54, 1.807) is 11.3 Å². The maximum atomic E-state index is 4.50. The Morgan fingerprint density at radius 2 is 2.29 bits per heavy atom. The second kappa shape index (κ2) is 5.46. The Morgan fingerprint density at radius 1 is 1.53 bits per heavy atom. The molecule has 0 aliphatic carbocycles. The molecule has 3 nitrogen and oxygen atoms in total. The van der Waals surface area contributed by atoms with Crippen LogP contribution in [-0.4, -0.2) is 35.6 Å². The van der Waals surface area contributed by atoms with Gasteiger partial charge in [0, 0.05) is 30.6 Å². The Bertz CT molecular complexity index is 363. The Morgan fingerprint density at radius 3 is 2.94 bits per heavy atom. The highest BCUT2D eigenvalue weighted by atomic mass is 32.1. The van der Waals surface area contributed by atoms with Crippen LogP contribution in [0.4, 0.5) is 0 Å². The van der Waals surface area contributed by atoms with Crippen molar-refractivity contribution in [2.45, 2.75) is 45.8 Å². The van der Waals surface area contributed by atoms with Crippen LogP contribution in [-0.2, 0) is 6.54 Å². The zero-order chi connectivity index (χ0) is 12.4. The van der Waals surface area contributed by atoms with Crippen molar-refractivity contribution in [1.82, 2.24) is 15.2 Å². The number of aryl methyl sites for hydroxylation is 1. The largest absolute Gasteiger partial charge is 0.308 e. The molecule has 0 saturated carbocycles. The number of rotatable bonds is 3. The molecule has 4 heteroatoms. The lowest BCUT2D eigenvalue weighted by atomic mass is 9.90. The molecule has 0 amide bonds. The van der Waals surface area contributed by atoms with Crippen LogP contribution in [0.2, 0.25) is 0 Å². The Balaban J connectivity index is 1.86. The normalized spacial score (nSPS) is 30.7. The van der Waals surface area contributed by atoms with Crippen LogP contribution in [0.25, 0.3) is 0 Å². The molecule has 2 rings (SSSR count). The number of thiazole rings is 1. The van der Waals surface area contributed by atoms with Gasteiger partial charge < -0.3 is 10.2 Å². The predicted molar refractivity (Wildman–Crippen MR) is 73.4 cm³/mol. The van der Waals surface area contributed by atoms with Crippen molar-refractivity contribution in [3.8, 4) is 0 Å². The molecular weight excluding hydrogens is 230 g/mol. The van der Waals surface area contributed by atoms with Crippen LogP contribution in [0, 0.1) is 12.8 Å².